The Labute approximate surface area is 123 Å². The molecule has 0 bridgehead atoms. The van der Waals surface area contributed by atoms with Crippen LogP contribution >= 0.6 is 38.9 Å². The minimum absolute atomic E-state index is 0.396. The second kappa shape index (κ2) is 6.35. The molecule has 0 amide bonds. The maximum absolute atomic E-state index is 9.22. The van der Waals surface area contributed by atoms with E-state index in [0.29, 0.717) is 11.6 Å². The van der Waals surface area contributed by atoms with Gasteiger partial charge >= 0.3 is 0 Å². The number of thiophene rings is 1. The van der Waals surface area contributed by atoms with Gasteiger partial charge in [-0.15, -0.1) is 11.3 Å². The summed E-state index contributed by atoms with van der Waals surface area (Å²) in [7, 11) is 0. The molecular formula is C13H10BrClN2S. The molecule has 1 aromatic heterocycles. The van der Waals surface area contributed by atoms with Crippen LogP contribution in [0.15, 0.2) is 40.2 Å². The first-order valence-corrected chi connectivity index (χ1v) is 7.36. The van der Waals surface area contributed by atoms with Crippen LogP contribution in [0.3, 0.4) is 0 Å². The third-order valence-electron chi connectivity index (χ3n) is 2.46. The summed E-state index contributed by atoms with van der Waals surface area (Å²) in [5, 5.41) is 15.0. The zero-order valence-electron chi connectivity index (χ0n) is 9.36. The quantitative estimate of drug-likeness (QED) is 0.887. The van der Waals surface area contributed by atoms with Gasteiger partial charge in [-0.05, 0) is 23.6 Å². The van der Waals surface area contributed by atoms with Gasteiger partial charge in [0.25, 0.3) is 0 Å². The first-order valence-electron chi connectivity index (χ1n) is 5.31. The summed E-state index contributed by atoms with van der Waals surface area (Å²) in [4.78, 5) is 1.20. The van der Waals surface area contributed by atoms with Gasteiger partial charge in [-0.25, -0.2) is 0 Å². The molecule has 0 fully saturated rings. The fraction of sp³-hybridized carbons (Fsp3) is 0.154. The summed E-state index contributed by atoms with van der Waals surface area (Å²) in [5.74, 6) is 0. The molecule has 2 rings (SSSR count). The average molecular weight is 342 g/mol. The molecule has 0 saturated carbocycles. The van der Waals surface area contributed by atoms with Crippen LogP contribution < -0.4 is 5.32 Å². The summed E-state index contributed by atoms with van der Waals surface area (Å²) in [6.45, 7) is 0.669. The Morgan fingerprint density at radius 2 is 2.28 bits per heavy atom. The maximum atomic E-state index is 9.22. The lowest BCUT2D eigenvalue weighted by Gasteiger charge is -2.13. The Kier molecular flexibility index (Phi) is 4.79. The predicted molar refractivity (Wildman–Crippen MR) is 78.7 cm³/mol. The molecule has 0 aliphatic heterocycles. The second-order valence-corrected chi connectivity index (χ2v) is 6.04. The fourth-order valence-corrected chi connectivity index (χ4v) is 3.01. The molecule has 0 saturated heterocycles. The van der Waals surface area contributed by atoms with E-state index in [2.05, 4.69) is 27.3 Å². The van der Waals surface area contributed by atoms with Gasteiger partial charge < -0.3 is 0 Å². The number of benzene rings is 1. The van der Waals surface area contributed by atoms with Gasteiger partial charge in [0.1, 0.15) is 6.04 Å². The van der Waals surface area contributed by atoms with Gasteiger partial charge in [-0.3, -0.25) is 5.32 Å². The monoisotopic (exact) mass is 340 g/mol. The first-order chi connectivity index (χ1) is 8.70. The summed E-state index contributed by atoms with van der Waals surface area (Å²) in [5.41, 5.74) is 0.805. The summed E-state index contributed by atoms with van der Waals surface area (Å²) < 4.78 is 0.909. The molecular weight excluding hydrogens is 332 g/mol. The zero-order chi connectivity index (χ0) is 13.0. The molecule has 1 unspecified atom stereocenters. The highest BCUT2D eigenvalue weighted by atomic mass is 79.9. The van der Waals surface area contributed by atoms with Crippen molar-refractivity contribution in [3.63, 3.8) is 0 Å². The van der Waals surface area contributed by atoms with E-state index in [1.165, 1.54) is 4.88 Å². The molecule has 0 spiro atoms. The Morgan fingerprint density at radius 3 is 2.89 bits per heavy atom. The van der Waals surface area contributed by atoms with Gasteiger partial charge in [0.2, 0.25) is 0 Å². The number of nitrogens with one attached hydrogen (secondary N) is 1. The highest BCUT2D eigenvalue weighted by molar-refractivity contribution is 9.10. The molecule has 92 valence electrons. The smallest absolute Gasteiger partial charge is 0.123 e. The largest absolute Gasteiger partial charge is 0.293 e. The van der Waals surface area contributed by atoms with E-state index in [1.807, 2.05) is 29.6 Å². The molecule has 1 heterocycles. The average Bonchev–Trinajstić information content (AvgIpc) is 2.85. The van der Waals surface area contributed by atoms with Crippen molar-refractivity contribution in [2.45, 2.75) is 12.6 Å². The SMILES string of the molecule is N#CC(NCc1cccs1)c1ccc(Br)cc1Cl. The number of nitrogens with zero attached hydrogens (tertiary/aromatic N) is 1. The minimum Gasteiger partial charge on any atom is -0.293 e. The molecule has 1 atom stereocenters. The van der Waals surface area contributed by atoms with Gasteiger partial charge in [0.05, 0.1) is 6.07 Å². The molecule has 2 aromatic rings. The molecule has 5 heteroatoms. The minimum atomic E-state index is -0.396. The van der Waals surface area contributed by atoms with E-state index in [9.17, 15) is 5.26 Å². The predicted octanol–water partition coefficient (Wildman–Crippen LogP) is 4.52. The Balaban J connectivity index is 2.11. The third-order valence-corrected chi connectivity index (χ3v) is 4.16. The number of hydrogen-bond donors (Lipinski definition) is 1. The second-order valence-electron chi connectivity index (χ2n) is 3.69. The number of rotatable bonds is 4. The van der Waals surface area contributed by atoms with Crippen molar-refractivity contribution in [2.24, 2.45) is 0 Å². The Bertz CT molecular complexity index is 563. The van der Waals surface area contributed by atoms with Crippen molar-refractivity contribution in [2.75, 3.05) is 0 Å². The standard InChI is InChI=1S/C13H10BrClN2S/c14-9-3-4-11(12(15)6-9)13(7-16)17-8-10-2-1-5-18-10/h1-6,13,17H,8H2. The summed E-state index contributed by atoms with van der Waals surface area (Å²) in [6, 6.07) is 11.4. The third kappa shape index (κ3) is 3.33. The van der Waals surface area contributed by atoms with Crippen LogP contribution in [-0.4, -0.2) is 0 Å². The normalized spacial score (nSPS) is 12.1. The van der Waals surface area contributed by atoms with Crippen LogP contribution in [0.25, 0.3) is 0 Å². The first kappa shape index (κ1) is 13.6. The van der Waals surface area contributed by atoms with Gasteiger partial charge in [0.15, 0.2) is 0 Å². The van der Waals surface area contributed by atoms with Crippen molar-refractivity contribution >= 4 is 38.9 Å². The molecule has 0 radical (unpaired) electrons. The van der Waals surface area contributed by atoms with E-state index in [1.54, 1.807) is 17.4 Å². The van der Waals surface area contributed by atoms with Crippen molar-refractivity contribution < 1.29 is 0 Å². The van der Waals surface area contributed by atoms with Crippen LogP contribution in [0.2, 0.25) is 5.02 Å². The van der Waals surface area contributed by atoms with Crippen LogP contribution in [0.1, 0.15) is 16.5 Å². The van der Waals surface area contributed by atoms with Crippen LogP contribution in [0.5, 0.6) is 0 Å². The lowest BCUT2D eigenvalue weighted by atomic mass is 10.1. The van der Waals surface area contributed by atoms with Crippen molar-refractivity contribution in [3.05, 3.63) is 55.6 Å². The van der Waals surface area contributed by atoms with E-state index in [4.69, 9.17) is 11.6 Å². The topological polar surface area (TPSA) is 35.8 Å². The lowest BCUT2D eigenvalue weighted by molar-refractivity contribution is 0.636. The van der Waals surface area contributed by atoms with Crippen molar-refractivity contribution in [1.29, 1.82) is 5.26 Å². The summed E-state index contributed by atoms with van der Waals surface area (Å²) >= 11 is 11.2. The molecule has 18 heavy (non-hydrogen) atoms. The molecule has 1 N–H and O–H groups in total. The maximum Gasteiger partial charge on any atom is 0.123 e. The van der Waals surface area contributed by atoms with Crippen LogP contribution in [0, 0.1) is 11.3 Å². The molecule has 0 aliphatic carbocycles. The highest BCUT2D eigenvalue weighted by Gasteiger charge is 2.13. The summed E-state index contributed by atoms with van der Waals surface area (Å²) in [6.07, 6.45) is 0. The van der Waals surface area contributed by atoms with E-state index in [-0.39, 0.29) is 0 Å². The van der Waals surface area contributed by atoms with E-state index < -0.39 is 6.04 Å². The van der Waals surface area contributed by atoms with Crippen LogP contribution in [0.4, 0.5) is 0 Å². The molecule has 2 nitrogen and oxygen atoms in total. The highest BCUT2D eigenvalue weighted by Crippen LogP contribution is 2.26. The zero-order valence-corrected chi connectivity index (χ0v) is 12.5. The van der Waals surface area contributed by atoms with Gasteiger partial charge in [0, 0.05) is 26.5 Å². The fourth-order valence-electron chi connectivity index (χ4n) is 1.58. The van der Waals surface area contributed by atoms with E-state index >= 15 is 0 Å². The number of hydrogen-bond acceptors (Lipinski definition) is 3. The van der Waals surface area contributed by atoms with Gasteiger partial charge in [-0.1, -0.05) is 39.7 Å². The number of nitriles is 1. The van der Waals surface area contributed by atoms with Crippen LogP contribution in [-0.2, 0) is 6.54 Å². The van der Waals surface area contributed by atoms with Crippen molar-refractivity contribution in [3.8, 4) is 6.07 Å². The van der Waals surface area contributed by atoms with Gasteiger partial charge in [-0.2, -0.15) is 5.26 Å². The van der Waals surface area contributed by atoms with E-state index in [0.717, 1.165) is 10.0 Å². The number of halogens is 2. The molecule has 0 aliphatic rings. The Hall–Kier alpha value is -0.860. The van der Waals surface area contributed by atoms with Crippen molar-refractivity contribution in [1.82, 2.24) is 5.32 Å². The Morgan fingerprint density at radius 1 is 1.44 bits per heavy atom. The molecule has 1 aromatic carbocycles. The lowest BCUT2D eigenvalue weighted by Crippen LogP contribution is -2.19.